The van der Waals surface area contributed by atoms with Gasteiger partial charge in [-0.1, -0.05) is 5.16 Å². The Labute approximate surface area is 102 Å². The molecule has 1 aliphatic carbocycles. The van der Waals surface area contributed by atoms with Crippen LogP contribution < -0.4 is 5.32 Å². The van der Waals surface area contributed by atoms with Crippen molar-refractivity contribution in [3.05, 3.63) is 28.6 Å². The number of nitrogens with zero attached hydrogens (tertiary/aromatic N) is 2. The van der Waals surface area contributed by atoms with Gasteiger partial charge in [0, 0.05) is 17.4 Å². The van der Waals surface area contributed by atoms with Crippen LogP contribution >= 0.6 is 11.3 Å². The van der Waals surface area contributed by atoms with E-state index in [-0.39, 0.29) is 5.91 Å². The number of aromatic nitrogens is 2. The van der Waals surface area contributed by atoms with Crippen LogP contribution in [-0.2, 0) is 0 Å². The van der Waals surface area contributed by atoms with Crippen LogP contribution in [0.2, 0.25) is 0 Å². The molecule has 88 valence electrons. The number of amides is 1. The zero-order valence-corrected chi connectivity index (χ0v) is 10.1. The van der Waals surface area contributed by atoms with E-state index in [1.54, 1.807) is 6.07 Å². The minimum absolute atomic E-state index is 0.269. The van der Waals surface area contributed by atoms with Crippen molar-refractivity contribution in [2.45, 2.75) is 25.7 Å². The molecule has 5 nitrogen and oxygen atoms in total. The Bertz CT molecular complexity index is 557. The Morgan fingerprint density at radius 3 is 3.06 bits per heavy atom. The predicted molar refractivity (Wildman–Crippen MR) is 63.3 cm³/mol. The quantitative estimate of drug-likeness (QED) is 0.907. The highest BCUT2D eigenvalue weighted by Crippen LogP contribution is 2.40. The number of thiazole rings is 1. The zero-order chi connectivity index (χ0) is 11.8. The maximum atomic E-state index is 11.8. The molecular weight excluding hydrogens is 238 g/mol. The van der Waals surface area contributed by atoms with Gasteiger partial charge in [0.1, 0.15) is 5.76 Å². The van der Waals surface area contributed by atoms with E-state index in [2.05, 4.69) is 15.5 Å². The molecule has 17 heavy (non-hydrogen) atoms. The maximum Gasteiger partial charge on any atom is 0.279 e. The zero-order valence-electron chi connectivity index (χ0n) is 9.27. The van der Waals surface area contributed by atoms with Gasteiger partial charge in [-0.05, 0) is 19.8 Å². The summed E-state index contributed by atoms with van der Waals surface area (Å²) in [6, 6.07) is 1.72. The van der Waals surface area contributed by atoms with Crippen molar-refractivity contribution in [3.63, 3.8) is 0 Å². The van der Waals surface area contributed by atoms with Crippen LogP contribution in [0.3, 0.4) is 0 Å². The molecule has 2 aromatic rings. The van der Waals surface area contributed by atoms with Gasteiger partial charge in [0.2, 0.25) is 0 Å². The smallest absolute Gasteiger partial charge is 0.279 e. The average molecular weight is 249 g/mol. The number of carbonyl (C=O) groups is 1. The second-order valence-corrected chi connectivity index (χ2v) is 5.00. The first-order valence-corrected chi connectivity index (χ1v) is 6.30. The minimum atomic E-state index is -0.269. The summed E-state index contributed by atoms with van der Waals surface area (Å²) < 4.78 is 5.12. The van der Waals surface area contributed by atoms with Gasteiger partial charge in [-0.2, -0.15) is 0 Å². The largest absolute Gasteiger partial charge is 0.360 e. The summed E-state index contributed by atoms with van der Waals surface area (Å²) in [5.74, 6) is 1.01. The topological polar surface area (TPSA) is 68.0 Å². The van der Waals surface area contributed by atoms with Crippen LogP contribution in [0.25, 0.3) is 0 Å². The van der Waals surface area contributed by atoms with Crippen molar-refractivity contribution in [1.82, 2.24) is 10.1 Å². The molecule has 0 aliphatic heterocycles. The number of aryl methyl sites for hydroxylation is 1. The van der Waals surface area contributed by atoms with Crippen LogP contribution in [0.5, 0.6) is 0 Å². The molecule has 2 heterocycles. The lowest BCUT2D eigenvalue weighted by molar-refractivity contribution is 0.101. The van der Waals surface area contributed by atoms with Crippen LogP contribution in [0.4, 0.5) is 5.13 Å². The second kappa shape index (κ2) is 3.96. The van der Waals surface area contributed by atoms with E-state index >= 15 is 0 Å². The number of rotatable bonds is 3. The number of hydrogen-bond acceptors (Lipinski definition) is 5. The molecule has 0 unspecified atom stereocenters. The third-order valence-corrected chi connectivity index (χ3v) is 3.46. The molecule has 1 amide bonds. The van der Waals surface area contributed by atoms with Gasteiger partial charge >= 0.3 is 0 Å². The lowest BCUT2D eigenvalue weighted by atomic mass is 10.3. The van der Waals surface area contributed by atoms with E-state index in [0.717, 1.165) is 24.3 Å². The molecule has 3 rings (SSSR count). The fourth-order valence-electron chi connectivity index (χ4n) is 1.53. The van der Waals surface area contributed by atoms with E-state index in [9.17, 15) is 4.79 Å². The Morgan fingerprint density at radius 2 is 2.41 bits per heavy atom. The molecule has 0 atom stereocenters. The summed E-state index contributed by atoms with van der Waals surface area (Å²) in [6.07, 6.45) is 2.25. The predicted octanol–water partition coefficient (Wildman–Crippen LogP) is 2.57. The summed E-state index contributed by atoms with van der Waals surface area (Å²) in [4.78, 5) is 16.0. The highest BCUT2D eigenvalue weighted by Gasteiger charge is 2.28. The van der Waals surface area contributed by atoms with Gasteiger partial charge in [0.25, 0.3) is 5.91 Å². The minimum Gasteiger partial charge on any atom is -0.360 e. The van der Waals surface area contributed by atoms with Gasteiger partial charge in [-0.25, -0.2) is 4.98 Å². The van der Waals surface area contributed by atoms with Gasteiger partial charge in [-0.15, -0.1) is 11.3 Å². The maximum absolute atomic E-state index is 11.8. The highest BCUT2D eigenvalue weighted by atomic mass is 32.1. The van der Waals surface area contributed by atoms with Gasteiger partial charge < -0.3 is 4.52 Å². The monoisotopic (exact) mass is 249 g/mol. The van der Waals surface area contributed by atoms with E-state index in [4.69, 9.17) is 4.52 Å². The van der Waals surface area contributed by atoms with Gasteiger partial charge in [0.15, 0.2) is 10.8 Å². The molecule has 0 aromatic carbocycles. The van der Waals surface area contributed by atoms with Crippen LogP contribution in [-0.4, -0.2) is 16.0 Å². The number of carbonyl (C=O) groups excluding carboxylic acids is 1. The Hall–Kier alpha value is -1.69. The molecule has 0 spiro atoms. The number of anilines is 1. The molecule has 1 aliphatic rings. The first-order valence-electron chi connectivity index (χ1n) is 5.42. The summed E-state index contributed by atoms with van der Waals surface area (Å²) in [6.45, 7) is 1.88. The Morgan fingerprint density at radius 1 is 1.59 bits per heavy atom. The molecule has 6 heteroatoms. The van der Waals surface area contributed by atoms with Crippen LogP contribution in [0.1, 0.15) is 40.7 Å². The molecular formula is C11H11N3O2S. The average Bonchev–Trinajstić information content (AvgIpc) is 2.88. The molecule has 0 saturated heterocycles. The standard InChI is InChI=1S/C11H11N3O2S/c1-6-5-17-11(12-6)13-10(15)8-4-9(16-14-8)7-2-3-7/h4-5,7H,2-3H2,1H3,(H,12,13,15). The van der Waals surface area contributed by atoms with Crippen molar-refractivity contribution in [2.24, 2.45) is 0 Å². The third kappa shape index (κ3) is 2.21. The van der Waals surface area contributed by atoms with Crippen molar-refractivity contribution in [3.8, 4) is 0 Å². The van der Waals surface area contributed by atoms with Crippen molar-refractivity contribution < 1.29 is 9.32 Å². The number of hydrogen-bond donors (Lipinski definition) is 1. The second-order valence-electron chi connectivity index (χ2n) is 4.14. The molecule has 1 N–H and O–H groups in total. The van der Waals surface area contributed by atoms with E-state index < -0.39 is 0 Å². The first-order chi connectivity index (χ1) is 8.22. The lowest BCUT2D eigenvalue weighted by Gasteiger charge is -1.95. The van der Waals surface area contributed by atoms with E-state index in [1.165, 1.54) is 11.3 Å². The SMILES string of the molecule is Cc1csc(NC(=O)c2cc(C3CC3)on2)n1. The fraction of sp³-hybridized carbons (Fsp3) is 0.364. The Balaban J connectivity index is 1.72. The normalized spacial score (nSPS) is 14.9. The first kappa shape index (κ1) is 10.5. The van der Waals surface area contributed by atoms with Crippen LogP contribution in [0.15, 0.2) is 16.0 Å². The summed E-state index contributed by atoms with van der Waals surface area (Å²) in [5, 5.41) is 8.94. The fourth-order valence-corrected chi connectivity index (χ4v) is 2.21. The lowest BCUT2D eigenvalue weighted by Crippen LogP contribution is -2.11. The Kier molecular flexibility index (Phi) is 2.44. The van der Waals surface area contributed by atoms with E-state index in [1.807, 2.05) is 12.3 Å². The van der Waals surface area contributed by atoms with Gasteiger partial charge in [-0.3, -0.25) is 10.1 Å². The summed E-state index contributed by atoms with van der Waals surface area (Å²) in [5.41, 5.74) is 1.21. The molecule has 1 fully saturated rings. The van der Waals surface area contributed by atoms with Gasteiger partial charge in [0.05, 0.1) is 5.69 Å². The summed E-state index contributed by atoms with van der Waals surface area (Å²) >= 11 is 1.40. The number of nitrogens with one attached hydrogen (secondary N) is 1. The molecule has 1 saturated carbocycles. The highest BCUT2D eigenvalue weighted by molar-refractivity contribution is 7.13. The molecule has 2 aromatic heterocycles. The van der Waals surface area contributed by atoms with Crippen molar-refractivity contribution in [2.75, 3.05) is 5.32 Å². The van der Waals surface area contributed by atoms with E-state index in [0.29, 0.717) is 16.7 Å². The van der Waals surface area contributed by atoms with Crippen molar-refractivity contribution in [1.29, 1.82) is 0 Å². The van der Waals surface area contributed by atoms with Crippen LogP contribution in [0, 0.1) is 6.92 Å². The summed E-state index contributed by atoms with van der Waals surface area (Å²) in [7, 11) is 0. The van der Waals surface area contributed by atoms with Crippen molar-refractivity contribution >= 4 is 22.4 Å². The molecule has 0 bridgehead atoms. The molecule has 0 radical (unpaired) electrons. The third-order valence-electron chi connectivity index (χ3n) is 2.58.